The van der Waals surface area contributed by atoms with Crippen LogP contribution in [0.1, 0.15) is 18.4 Å². The Hall–Kier alpha value is -1.15. The van der Waals surface area contributed by atoms with Crippen LogP contribution in [0.5, 0.6) is 0 Å². The average Bonchev–Trinajstić information content (AvgIpc) is 2.25. The molecule has 1 aliphatic carbocycles. The summed E-state index contributed by atoms with van der Waals surface area (Å²) in [5, 5.41) is 0. The molecule has 0 radical (unpaired) electrons. The largest absolute Gasteiger partial charge is 0.294 e. The smallest absolute Gasteiger partial charge is 0.163 e. The number of benzene rings is 1. The number of hydrogen-bond donors (Lipinski definition) is 0. The summed E-state index contributed by atoms with van der Waals surface area (Å²) in [6, 6.07) is 7.94. The molecular formula is C13H11BrO. The summed E-state index contributed by atoms with van der Waals surface area (Å²) in [5.41, 5.74) is 1.87. The number of halogens is 1. The quantitative estimate of drug-likeness (QED) is 0.705. The third-order valence-electron chi connectivity index (χ3n) is 2.35. The van der Waals surface area contributed by atoms with Gasteiger partial charge in [-0.3, -0.25) is 4.79 Å². The second-order valence-electron chi connectivity index (χ2n) is 3.52. The molecule has 0 amide bonds. The molecule has 0 bridgehead atoms. The number of rotatable bonds is 1. The van der Waals surface area contributed by atoms with E-state index in [-0.39, 0.29) is 5.78 Å². The van der Waals surface area contributed by atoms with Gasteiger partial charge >= 0.3 is 0 Å². The Bertz CT molecular complexity index is 426. The normalized spacial score (nSPS) is 18.5. The van der Waals surface area contributed by atoms with E-state index in [1.165, 1.54) is 0 Å². The molecule has 0 saturated carbocycles. The highest BCUT2D eigenvalue weighted by Gasteiger charge is 2.09. The van der Waals surface area contributed by atoms with Crippen LogP contribution in [0.2, 0.25) is 0 Å². The maximum Gasteiger partial charge on any atom is 0.163 e. The number of carbonyl (C=O) groups excluding carboxylic acids is 1. The minimum absolute atomic E-state index is 0.236. The summed E-state index contributed by atoms with van der Waals surface area (Å²) in [6.45, 7) is 0. The summed E-state index contributed by atoms with van der Waals surface area (Å²) in [5.74, 6) is 0.236. The van der Waals surface area contributed by atoms with Crippen LogP contribution in [0.15, 0.2) is 46.5 Å². The molecule has 2 rings (SSSR count). The first-order chi connectivity index (χ1) is 7.25. The third kappa shape index (κ3) is 2.66. The van der Waals surface area contributed by atoms with Crippen molar-refractivity contribution >= 4 is 27.8 Å². The van der Waals surface area contributed by atoms with E-state index in [0.717, 1.165) is 22.0 Å². The molecule has 1 aromatic carbocycles. The van der Waals surface area contributed by atoms with Gasteiger partial charge in [-0.2, -0.15) is 0 Å². The van der Waals surface area contributed by atoms with Crippen LogP contribution >= 0.6 is 15.9 Å². The molecule has 0 aliphatic heterocycles. The molecule has 1 aliphatic rings. The van der Waals surface area contributed by atoms with E-state index in [1.807, 2.05) is 42.5 Å². The van der Waals surface area contributed by atoms with Gasteiger partial charge in [0.25, 0.3) is 0 Å². The highest BCUT2D eigenvalue weighted by atomic mass is 79.9. The lowest BCUT2D eigenvalue weighted by atomic mass is 9.98. The second-order valence-corrected chi connectivity index (χ2v) is 4.43. The summed E-state index contributed by atoms with van der Waals surface area (Å²) in [7, 11) is 0. The summed E-state index contributed by atoms with van der Waals surface area (Å²) < 4.78 is 1.05. The number of allylic oxidation sites excluding steroid dienone is 3. The molecule has 0 heterocycles. The van der Waals surface area contributed by atoms with Gasteiger partial charge < -0.3 is 0 Å². The van der Waals surface area contributed by atoms with Gasteiger partial charge in [-0.25, -0.2) is 0 Å². The molecule has 2 heteroatoms. The zero-order chi connectivity index (χ0) is 10.7. The van der Waals surface area contributed by atoms with E-state index in [2.05, 4.69) is 15.9 Å². The van der Waals surface area contributed by atoms with Gasteiger partial charge in [0.1, 0.15) is 0 Å². The van der Waals surface area contributed by atoms with E-state index in [9.17, 15) is 4.79 Å². The standard InChI is InChI=1S/C13H11BrO/c14-12-7-5-10(6-8-12)9-11-3-1-2-4-13(11)15/h1,3,5-9H,2,4H2. The fourth-order valence-corrected chi connectivity index (χ4v) is 1.79. The summed E-state index contributed by atoms with van der Waals surface area (Å²) in [4.78, 5) is 11.5. The molecule has 0 atom stereocenters. The molecule has 15 heavy (non-hydrogen) atoms. The summed E-state index contributed by atoms with van der Waals surface area (Å²) >= 11 is 3.38. The Labute approximate surface area is 97.6 Å². The molecular weight excluding hydrogens is 252 g/mol. The van der Waals surface area contributed by atoms with Gasteiger partial charge in [0, 0.05) is 16.5 Å². The lowest BCUT2D eigenvalue weighted by molar-refractivity contribution is -0.115. The van der Waals surface area contributed by atoms with Crippen LogP contribution in [-0.2, 0) is 4.79 Å². The van der Waals surface area contributed by atoms with Crippen LogP contribution in [0.25, 0.3) is 6.08 Å². The fraction of sp³-hybridized carbons (Fsp3) is 0.154. The Balaban J connectivity index is 2.29. The summed E-state index contributed by atoms with van der Waals surface area (Å²) in [6.07, 6.45) is 7.40. The van der Waals surface area contributed by atoms with Crippen LogP contribution in [0.3, 0.4) is 0 Å². The lowest BCUT2D eigenvalue weighted by Crippen LogP contribution is -2.03. The van der Waals surface area contributed by atoms with Gasteiger partial charge in [0.15, 0.2) is 5.78 Å². The van der Waals surface area contributed by atoms with Crippen LogP contribution in [-0.4, -0.2) is 5.78 Å². The zero-order valence-electron chi connectivity index (χ0n) is 8.24. The van der Waals surface area contributed by atoms with Crippen molar-refractivity contribution in [1.82, 2.24) is 0 Å². The minimum Gasteiger partial charge on any atom is -0.294 e. The van der Waals surface area contributed by atoms with E-state index in [1.54, 1.807) is 0 Å². The van der Waals surface area contributed by atoms with E-state index in [0.29, 0.717) is 6.42 Å². The molecule has 76 valence electrons. The second kappa shape index (κ2) is 4.58. The Morgan fingerprint density at radius 1 is 1.20 bits per heavy atom. The number of carbonyl (C=O) groups is 1. The monoisotopic (exact) mass is 262 g/mol. The molecule has 0 N–H and O–H groups in total. The van der Waals surface area contributed by atoms with Crippen molar-refractivity contribution in [2.75, 3.05) is 0 Å². The van der Waals surface area contributed by atoms with E-state index < -0.39 is 0 Å². The SMILES string of the molecule is O=C1CCC=CC1=Cc1ccc(Br)cc1. The minimum atomic E-state index is 0.236. The van der Waals surface area contributed by atoms with Crippen LogP contribution < -0.4 is 0 Å². The zero-order valence-corrected chi connectivity index (χ0v) is 9.83. The molecule has 0 spiro atoms. The highest BCUT2D eigenvalue weighted by Crippen LogP contribution is 2.17. The van der Waals surface area contributed by atoms with Gasteiger partial charge in [0.05, 0.1) is 0 Å². The van der Waals surface area contributed by atoms with Crippen LogP contribution in [0.4, 0.5) is 0 Å². The first-order valence-electron chi connectivity index (χ1n) is 4.93. The van der Waals surface area contributed by atoms with Gasteiger partial charge in [-0.05, 0) is 30.2 Å². The van der Waals surface area contributed by atoms with Gasteiger partial charge in [0.2, 0.25) is 0 Å². The van der Waals surface area contributed by atoms with E-state index in [4.69, 9.17) is 0 Å². The number of Topliss-reactive ketones (excluding diaryl/α,β-unsaturated/α-hetero) is 1. The molecule has 0 fully saturated rings. The van der Waals surface area contributed by atoms with E-state index >= 15 is 0 Å². The maximum absolute atomic E-state index is 11.5. The maximum atomic E-state index is 11.5. The molecule has 1 nitrogen and oxygen atoms in total. The Morgan fingerprint density at radius 3 is 2.60 bits per heavy atom. The van der Waals surface area contributed by atoms with Gasteiger partial charge in [-0.1, -0.05) is 40.2 Å². The molecule has 1 aromatic rings. The topological polar surface area (TPSA) is 17.1 Å². The number of hydrogen-bond acceptors (Lipinski definition) is 1. The first-order valence-corrected chi connectivity index (χ1v) is 5.72. The Morgan fingerprint density at radius 2 is 1.93 bits per heavy atom. The van der Waals surface area contributed by atoms with Crippen molar-refractivity contribution in [3.05, 3.63) is 52.0 Å². The van der Waals surface area contributed by atoms with Crippen LogP contribution in [0, 0.1) is 0 Å². The molecule has 0 saturated heterocycles. The van der Waals surface area contributed by atoms with Gasteiger partial charge in [-0.15, -0.1) is 0 Å². The Kier molecular flexibility index (Phi) is 3.17. The molecule has 0 unspecified atom stereocenters. The van der Waals surface area contributed by atoms with Crippen molar-refractivity contribution in [3.8, 4) is 0 Å². The first kappa shape index (κ1) is 10.4. The van der Waals surface area contributed by atoms with Crippen molar-refractivity contribution < 1.29 is 4.79 Å². The van der Waals surface area contributed by atoms with Crippen molar-refractivity contribution in [2.24, 2.45) is 0 Å². The molecule has 0 aromatic heterocycles. The number of ketones is 1. The third-order valence-corrected chi connectivity index (χ3v) is 2.88. The van der Waals surface area contributed by atoms with Crippen molar-refractivity contribution in [2.45, 2.75) is 12.8 Å². The highest BCUT2D eigenvalue weighted by molar-refractivity contribution is 9.10. The lowest BCUT2D eigenvalue weighted by Gasteiger charge is -2.05. The fourth-order valence-electron chi connectivity index (χ4n) is 1.53. The predicted octanol–water partition coefficient (Wildman–Crippen LogP) is 3.75. The predicted molar refractivity (Wildman–Crippen MR) is 65.5 cm³/mol. The average molecular weight is 263 g/mol. The van der Waals surface area contributed by atoms with Crippen molar-refractivity contribution in [3.63, 3.8) is 0 Å². The van der Waals surface area contributed by atoms with Crippen molar-refractivity contribution in [1.29, 1.82) is 0 Å².